The molecule has 9 heteroatoms. The number of benzene rings is 3. The van der Waals surface area contributed by atoms with Gasteiger partial charge in [0.2, 0.25) is 11.6 Å². The summed E-state index contributed by atoms with van der Waals surface area (Å²) in [5.41, 5.74) is 1.44. The van der Waals surface area contributed by atoms with Crippen molar-refractivity contribution in [2.45, 2.75) is 26.4 Å². The van der Waals surface area contributed by atoms with Crippen molar-refractivity contribution in [2.24, 2.45) is 5.10 Å². The normalized spacial score (nSPS) is 12.2. The van der Waals surface area contributed by atoms with Gasteiger partial charge < -0.3 is 23.4 Å². The van der Waals surface area contributed by atoms with Crippen molar-refractivity contribution in [1.29, 1.82) is 0 Å². The van der Waals surface area contributed by atoms with Crippen LogP contribution in [0.1, 0.15) is 25.8 Å². The van der Waals surface area contributed by atoms with Crippen molar-refractivity contribution in [3.05, 3.63) is 76.6 Å². The summed E-state index contributed by atoms with van der Waals surface area (Å²) in [7, 11) is 4.72. The summed E-state index contributed by atoms with van der Waals surface area (Å²) in [6, 6.07) is 18.0. The lowest BCUT2D eigenvalue weighted by molar-refractivity contribution is 0.198. The Bertz CT molecular complexity index is 1710. The van der Waals surface area contributed by atoms with E-state index >= 15 is 0 Å². The van der Waals surface area contributed by atoms with Crippen LogP contribution in [0.4, 0.5) is 0 Å². The molecule has 0 bridgehead atoms. The maximum absolute atomic E-state index is 13.6. The van der Waals surface area contributed by atoms with Crippen molar-refractivity contribution in [3.8, 4) is 34.6 Å². The van der Waals surface area contributed by atoms with Gasteiger partial charge in [0, 0.05) is 5.56 Å². The van der Waals surface area contributed by atoms with E-state index in [2.05, 4.69) is 5.10 Å². The van der Waals surface area contributed by atoms with Crippen LogP contribution in [0.3, 0.4) is 0 Å². The fourth-order valence-corrected chi connectivity index (χ4v) is 4.21. The van der Waals surface area contributed by atoms with Crippen molar-refractivity contribution in [2.75, 3.05) is 21.3 Å². The molecule has 0 fully saturated rings. The highest BCUT2D eigenvalue weighted by Crippen LogP contribution is 2.39. The molecule has 0 unspecified atom stereocenters. The smallest absolute Gasteiger partial charge is 0.282 e. The zero-order valence-electron chi connectivity index (χ0n) is 22.4. The third kappa shape index (κ3) is 4.90. The maximum Gasteiger partial charge on any atom is 0.282 e. The fraction of sp³-hybridized carbons (Fsp3) is 0.233. The molecule has 0 spiro atoms. The molecule has 0 N–H and O–H groups in total. The molecule has 39 heavy (non-hydrogen) atoms. The lowest BCUT2D eigenvalue weighted by Crippen LogP contribution is -2.20. The number of methoxy groups -OCH3 is 3. The second kappa shape index (κ2) is 10.9. The molecular formula is C30H29N3O6. The summed E-state index contributed by atoms with van der Waals surface area (Å²) >= 11 is 0. The van der Waals surface area contributed by atoms with Gasteiger partial charge >= 0.3 is 0 Å². The van der Waals surface area contributed by atoms with E-state index in [1.54, 1.807) is 63.9 Å². The van der Waals surface area contributed by atoms with Crippen molar-refractivity contribution >= 4 is 28.1 Å². The van der Waals surface area contributed by atoms with Gasteiger partial charge in [0.15, 0.2) is 17.3 Å². The van der Waals surface area contributed by atoms with Crippen LogP contribution >= 0.6 is 0 Å². The average Bonchev–Trinajstić information content (AvgIpc) is 3.41. The Morgan fingerprint density at radius 3 is 2.36 bits per heavy atom. The predicted octanol–water partition coefficient (Wildman–Crippen LogP) is 5.90. The molecule has 0 aliphatic carbocycles. The Morgan fingerprint density at radius 2 is 1.67 bits per heavy atom. The van der Waals surface area contributed by atoms with Gasteiger partial charge in [0.1, 0.15) is 11.3 Å². The van der Waals surface area contributed by atoms with Gasteiger partial charge in [0.25, 0.3) is 5.56 Å². The quantitative estimate of drug-likeness (QED) is 0.220. The van der Waals surface area contributed by atoms with Crippen LogP contribution < -0.4 is 24.5 Å². The van der Waals surface area contributed by atoms with Crippen LogP contribution in [0.2, 0.25) is 0 Å². The van der Waals surface area contributed by atoms with Crippen LogP contribution in [0, 0.1) is 0 Å². The molecule has 0 aliphatic rings. The summed E-state index contributed by atoms with van der Waals surface area (Å²) in [5.74, 6) is 2.77. The lowest BCUT2D eigenvalue weighted by atomic mass is 10.2. The van der Waals surface area contributed by atoms with Gasteiger partial charge in [-0.15, -0.1) is 0 Å². The SMILES string of the molecule is CC[C@@H](C)Oc1c(OC)cc(C=Nn2c(-c3cc4c(OC)cccc4o3)nc3ccccc3c2=O)cc1OC. The second-order valence-electron chi connectivity index (χ2n) is 8.89. The minimum atomic E-state index is -0.338. The molecule has 0 aliphatic heterocycles. The first-order valence-electron chi connectivity index (χ1n) is 12.5. The number of rotatable bonds is 9. The molecule has 3 aromatic carbocycles. The lowest BCUT2D eigenvalue weighted by Gasteiger charge is -2.18. The highest BCUT2D eigenvalue weighted by atomic mass is 16.5. The number of aromatic nitrogens is 2. The number of furan rings is 1. The van der Waals surface area contributed by atoms with E-state index in [1.807, 2.05) is 38.1 Å². The third-order valence-electron chi connectivity index (χ3n) is 6.41. The Morgan fingerprint density at radius 1 is 0.949 bits per heavy atom. The van der Waals surface area contributed by atoms with E-state index < -0.39 is 0 Å². The molecule has 5 aromatic rings. The van der Waals surface area contributed by atoms with Crippen LogP contribution in [0.25, 0.3) is 33.5 Å². The predicted molar refractivity (Wildman–Crippen MR) is 151 cm³/mol. The molecule has 2 heterocycles. The summed E-state index contributed by atoms with van der Waals surface area (Å²) in [4.78, 5) is 18.3. The van der Waals surface area contributed by atoms with Gasteiger partial charge in [-0.1, -0.05) is 25.1 Å². The molecule has 0 amide bonds. The van der Waals surface area contributed by atoms with Crippen LogP contribution in [0.15, 0.2) is 75.0 Å². The number of fused-ring (bicyclic) bond motifs is 2. The number of ether oxygens (including phenoxy) is 4. The molecule has 0 saturated heterocycles. The van der Waals surface area contributed by atoms with Crippen molar-refractivity contribution < 1.29 is 23.4 Å². The largest absolute Gasteiger partial charge is 0.496 e. The molecule has 1 atom stereocenters. The maximum atomic E-state index is 13.6. The number of para-hydroxylation sites is 1. The Balaban J connectivity index is 1.66. The minimum absolute atomic E-state index is 0.0282. The van der Waals surface area contributed by atoms with E-state index in [1.165, 1.54) is 4.68 Å². The zero-order chi connectivity index (χ0) is 27.5. The molecular weight excluding hydrogens is 498 g/mol. The van der Waals surface area contributed by atoms with E-state index in [0.29, 0.717) is 50.8 Å². The van der Waals surface area contributed by atoms with Crippen LogP contribution in [-0.2, 0) is 0 Å². The topological polar surface area (TPSA) is 97.3 Å². The summed E-state index contributed by atoms with van der Waals surface area (Å²) in [6.45, 7) is 4.01. The number of hydrogen-bond donors (Lipinski definition) is 0. The fourth-order valence-electron chi connectivity index (χ4n) is 4.21. The standard InChI is InChI=1S/C30H29N3O6/c1-6-18(2)38-28-25(36-4)14-19(15-26(28)37-5)17-31-33-29(32-22-11-8-7-10-20(22)30(33)34)27-16-21-23(35-3)12-9-13-24(21)39-27/h7-18H,6H2,1-5H3/t18-/m1/s1. The Kier molecular flexibility index (Phi) is 7.23. The molecule has 0 radical (unpaired) electrons. The molecule has 2 aromatic heterocycles. The second-order valence-corrected chi connectivity index (χ2v) is 8.89. The van der Waals surface area contributed by atoms with Crippen molar-refractivity contribution in [3.63, 3.8) is 0 Å². The highest BCUT2D eigenvalue weighted by molar-refractivity contribution is 5.89. The van der Waals surface area contributed by atoms with E-state index in [0.717, 1.165) is 11.8 Å². The van der Waals surface area contributed by atoms with E-state index in [9.17, 15) is 4.79 Å². The minimum Gasteiger partial charge on any atom is -0.496 e. The first-order chi connectivity index (χ1) is 19.0. The number of nitrogens with zero attached hydrogens (tertiary/aromatic N) is 3. The summed E-state index contributed by atoms with van der Waals surface area (Å²) in [5, 5.41) is 5.74. The van der Waals surface area contributed by atoms with Crippen molar-refractivity contribution in [1.82, 2.24) is 9.66 Å². The first-order valence-corrected chi connectivity index (χ1v) is 12.5. The summed E-state index contributed by atoms with van der Waals surface area (Å²) in [6.07, 6.45) is 2.34. The average molecular weight is 528 g/mol. The van der Waals surface area contributed by atoms with E-state index in [-0.39, 0.29) is 17.5 Å². The van der Waals surface area contributed by atoms with Crippen LogP contribution in [0.5, 0.6) is 23.0 Å². The van der Waals surface area contributed by atoms with Gasteiger partial charge in [0.05, 0.1) is 49.9 Å². The van der Waals surface area contributed by atoms with Gasteiger partial charge in [-0.05, 0) is 55.8 Å². The van der Waals surface area contributed by atoms with Gasteiger partial charge in [-0.25, -0.2) is 4.98 Å². The first kappa shape index (κ1) is 25.8. The number of hydrogen-bond acceptors (Lipinski definition) is 8. The Hall–Kier alpha value is -4.79. The Labute approximate surface area is 225 Å². The molecule has 5 rings (SSSR count). The van der Waals surface area contributed by atoms with E-state index in [4.69, 9.17) is 28.3 Å². The molecule has 9 nitrogen and oxygen atoms in total. The molecule has 200 valence electrons. The van der Waals surface area contributed by atoms with Crippen LogP contribution in [-0.4, -0.2) is 43.3 Å². The zero-order valence-corrected chi connectivity index (χ0v) is 22.4. The van der Waals surface area contributed by atoms with Gasteiger partial charge in [-0.2, -0.15) is 9.78 Å². The monoisotopic (exact) mass is 527 g/mol. The summed E-state index contributed by atoms with van der Waals surface area (Å²) < 4.78 is 30.0. The van der Waals surface area contributed by atoms with Gasteiger partial charge in [-0.3, -0.25) is 4.79 Å². The molecule has 0 saturated carbocycles. The highest BCUT2D eigenvalue weighted by Gasteiger charge is 2.19. The third-order valence-corrected chi connectivity index (χ3v) is 6.41.